The molecule has 0 radical (unpaired) electrons. The molecule has 0 unspecified atom stereocenters. The summed E-state index contributed by atoms with van der Waals surface area (Å²) in [4.78, 5) is 12.1. The van der Waals surface area contributed by atoms with E-state index in [0.717, 1.165) is 11.1 Å². The normalized spacial score (nSPS) is 12.3. The van der Waals surface area contributed by atoms with Gasteiger partial charge in [0.25, 0.3) is 0 Å². The maximum absolute atomic E-state index is 12.1. The average molecular weight is 329 g/mol. The summed E-state index contributed by atoms with van der Waals surface area (Å²) in [5, 5.41) is 13.1. The van der Waals surface area contributed by atoms with E-state index in [1.807, 2.05) is 30.3 Å². The predicted molar refractivity (Wildman–Crippen MR) is 91.8 cm³/mol. The number of benzene rings is 2. The van der Waals surface area contributed by atoms with Crippen molar-refractivity contribution < 1.29 is 19.4 Å². The van der Waals surface area contributed by atoms with Gasteiger partial charge in [-0.05, 0) is 37.1 Å². The standard InChI is InChI=1S/C19H23NO4/c1-19(2,22)17(15-9-11-16(23-3)12-10-15)20-18(21)24-13-14-7-5-4-6-8-14/h4-12,17,22H,13H2,1-3H3,(H,20,21)/t17-/m1/s1. The SMILES string of the molecule is COc1ccc([C@@H](NC(=O)OCc2ccccc2)C(C)(C)O)cc1. The summed E-state index contributed by atoms with van der Waals surface area (Å²) in [5.74, 6) is 0.708. The fourth-order valence-corrected chi connectivity index (χ4v) is 2.35. The first-order chi connectivity index (χ1) is 11.4. The van der Waals surface area contributed by atoms with E-state index >= 15 is 0 Å². The molecular weight excluding hydrogens is 306 g/mol. The first-order valence-corrected chi connectivity index (χ1v) is 7.73. The summed E-state index contributed by atoms with van der Waals surface area (Å²) in [5.41, 5.74) is 0.511. The number of carbonyl (C=O) groups excluding carboxylic acids is 1. The number of ether oxygens (including phenoxy) is 2. The van der Waals surface area contributed by atoms with Gasteiger partial charge >= 0.3 is 6.09 Å². The number of methoxy groups -OCH3 is 1. The van der Waals surface area contributed by atoms with Gasteiger partial charge in [-0.25, -0.2) is 4.79 Å². The van der Waals surface area contributed by atoms with Gasteiger partial charge in [0.15, 0.2) is 0 Å². The number of hydrogen-bond donors (Lipinski definition) is 2. The highest BCUT2D eigenvalue weighted by molar-refractivity contribution is 5.68. The van der Waals surface area contributed by atoms with E-state index in [-0.39, 0.29) is 6.61 Å². The molecule has 0 saturated heterocycles. The molecule has 0 spiro atoms. The minimum absolute atomic E-state index is 0.174. The van der Waals surface area contributed by atoms with E-state index in [1.54, 1.807) is 45.2 Å². The van der Waals surface area contributed by atoms with Crippen molar-refractivity contribution >= 4 is 6.09 Å². The van der Waals surface area contributed by atoms with Crippen molar-refractivity contribution in [1.29, 1.82) is 0 Å². The topological polar surface area (TPSA) is 67.8 Å². The van der Waals surface area contributed by atoms with Crippen molar-refractivity contribution in [3.8, 4) is 5.75 Å². The molecule has 0 bridgehead atoms. The highest BCUT2D eigenvalue weighted by Crippen LogP contribution is 2.27. The minimum Gasteiger partial charge on any atom is -0.497 e. The van der Waals surface area contributed by atoms with E-state index in [4.69, 9.17) is 9.47 Å². The summed E-state index contributed by atoms with van der Waals surface area (Å²) in [6.45, 7) is 3.45. The van der Waals surface area contributed by atoms with E-state index < -0.39 is 17.7 Å². The van der Waals surface area contributed by atoms with Crippen molar-refractivity contribution in [3.63, 3.8) is 0 Å². The lowest BCUT2D eigenvalue weighted by atomic mass is 9.92. The smallest absolute Gasteiger partial charge is 0.408 e. The fraction of sp³-hybridized carbons (Fsp3) is 0.316. The second-order valence-electron chi connectivity index (χ2n) is 6.07. The summed E-state index contributed by atoms with van der Waals surface area (Å²) in [6.07, 6.45) is -0.582. The number of rotatable bonds is 6. The number of aliphatic hydroxyl groups is 1. The van der Waals surface area contributed by atoms with E-state index in [2.05, 4.69) is 5.32 Å². The third kappa shape index (κ3) is 4.99. The maximum atomic E-state index is 12.1. The van der Waals surface area contributed by atoms with E-state index in [1.165, 1.54) is 0 Å². The Morgan fingerprint density at radius 2 is 1.75 bits per heavy atom. The molecule has 2 rings (SSSR count). The molecule has 1 amide bonds. The third-order valence-corrected chi connectivity index (χ3v) is 3.63. The lowest BCUT2D eigenvalue weighted by molar-refractivity contribution is 0.0331. The molecule has 0 aliphatic rings. The van der Waals surface area contributed by atoms with Crippen molar-refractivity contribution in [3.05, 3.63) is 65.7 Å². The van der Waals surface area contributed by atoms with Crippen LogP contribution < -0.4 is 10.1 Å². The molecule has 24 heavy (non-hydrogen) atoms. The van der Waals surface area contributed by atoms with Crippen LogP contribution in [-0.4, -0.2) is 23.9 Å². The number of amides is 1. The predicted octanol–water partition coefficient (Wildman–Crippen LogP) is 3.43. The number of alkyl carbamates (subject to hydrolysis) is 1. The lowest BCUT2D eigenvalue weighted by Crippen LogP contribution is -2.42. The summed E-state index contributed by atoms with van der Waals surface area (Å²) in [7, 11) is 1.58. The van der Waals surface area contributed by atoms with Crippen LogP contribution in [0.15, 0.2) is 54.6 Å². The Bertz CT molecular complexity index is 647. The summed E-state index contributed by atoms with van der Waals surface area (Å²) >= 11 is 0. The van der Waals surface area contributed by atoms with Crippen LogP contribution in [-0.2, 0) is 11.3 Å². The van der Waals surface area contributed by atoms with Gasteiger partial charge in [-0.2, -0.15) is 0 Å². The molecule has 2 N–H and O–H groups in total. The van der Waals surface area contributed by atoms with E-state index in [9.17, 15) is 9.90 Å². The minimum atomic E-state index is -1.15. The van der Waals surface area contributed by atoms with Gasteiger partial charge in [0, 0.05) is 0 Å². The molecule has 5 nitrogen and oxygen atoms in total. The Hall–Kier alpha value is -2.53. The van der Waals surface area contributed by atoms with Gasteiger partial charge < -0.3 is 19.9 Å². The number of carbonyl (C=O) groups is 1. The molecule has 2 aromatic carbocycles. The zero-order valence-corrected chi connectivity index (χ0v) is 14.2. The molecule has 0 fully saturated rings. The Balaban J connectivity index is 2.04. The van der Waals surface area contributed by atoms with Crippen LogP contribution in [0.2, 0.25) is 0 Å². The quantitative estimate of drug-likeness (QED) is 0.852. The van der Waals surface area contributed by atoms with Crippen LogP contribution in [0.5, 0.6) is 5.75 Å². The fourth-order valence-electron chi connectivity index (χ4n) is 2.35. The highest BCUT2D eigenvalue weighted by atomic mass is 16.5. The van der Waals surface area contributed by atoms with Gasteiger partial charge in [0.2, 0.25) is 0 Å². The van der Waals surface area contributed by atoms with E-state index in [0.29, 0.717) is 5.75 Å². The zero-order chi connectivity index (χ0) is 17.6. The molecule has 0 aromatic heterocycles. The van der Waals surface area contributed by atoms with Crippen molar-refractivity contribution in [1.82, 2.24) is 5.32 Å². The Kier molecular flexibility index (Phi) is 5.82. The molecular formula is C19H23NO4. The number of nitrogens with one attached hydrogen (secondary N) is 1. The monoisotopic (exact) mass is 329 g/mol. The van der Waals surface area contributed by atoms with Gasteiger partial charge in [-0.1, -0.05) is 42.5 Å². The van der Waals surface area contributed by atoms with Crippen LogP contribution in [0.3, 0.4) is 0 Å². The van der Waals surface area contributed by atoms with Crippen molar-refractivity contribution in [2.45, 2.75) is 32.1 Å². The summed E-state index contributed by atoms with van der Waals surface area (Å²) in [6, 6.07) is 16.0. The molecule has 2 aromatic rings. The largest absolute Gasteiger partial charge is 0.497 e. The second kappa shape index (κ2) is 7.84. The molecule has 128 valence electrons. The first-order valence-electron chi connectivity index (χ1n) is 7.73. The molecule has 0 aliphatic heterocycles. The van der Waals surface area contributed by atoms with Gasteiger partial charge in [-0.15, -0.1) is 0 Å². The third-order valence-electron chi connectivity index (χ3n) is 3.63. The van der Waals surface area contributed by atoms with Crippen LogP contribution in [0.4, 0.5) is 4.79 Å². The Morgan fingerprint density at radius 3 is 2.29 bits per heavy atom. The molecule has 5 heteroatoms. The van der Waals surface area contributed by atoms with Gasteiger partial charge in [-0.3, -0.25) is 0 Å². The van der Waals surface area contributed by atoms with Crippen LogP contribution in [0, 0.1) is 0 Å². The van der Waals surface area contributed by atoms with Gasteiger partial charge in [0.05, 0.1) is 18.8 Å². The maximum Gasteiger partial charge on any atom is 0.408 e. The number of hydrogen-bond acceptors (Lipinski definition) is 4. The molecule has 1 atom stereocenters. The average Bonchev–Trinajstić information content (AvgIpc) is 2.58. The van der Waals surface area contributed by atoms with Crippen LogP contribution in [0.25, 0.3) is 0 Å². The van der Waals surface area contributed by atoms with Crippen LogP contribution >= 0.6 is 0 Å². The summed E-state index contributed by atoms with van der Waals surface area (Å²) < 4.78 is 10.4. The van der Waals surface area contributed by atoms with Crippen molar-refractivity contribution in [2.75, 3.05) is 7.11 Å². The molecule has 0 heterocycles. The van der Waals surface area contributed by atoms with Crippen molar-refractivity contribution in [2.24, 2.45) is 0 Å². The Morgan fingerprint density at radius 1 is 1.12 bits per heavy atom. The lowest BCUT2D eigenvalue weighted by Gasteiger charge is -2.30. The first kappa shape index (κ1) is 17.8. The van der Waals surface area contributed by atoms with Crippen LogP contribution in [0.1, 0.15) is 31.0 Å². The highest BCUT2D eigenvalue weighted by Gasteiger charge is 2.30. The Labute approximate surface area is 142 Å². The van der Waals surface area contributed by atoms with Gasteiger partial charge in [0.1, 0.15) is 12.4 Å². The molecule has 0 aliphatic carbocycles. The second-order valence-corrected chi connectivity index (χ2v) is 6.07. The zero-order valence-electron chi connectivity index (χ0n) is 14.2. The molecule has 0 saturated carbocycles.